The Morgan fingerprint density at radius 2 is 1.86 bits per heavy atom. The Balaban J connectivity index is 2.16. The fourth-order valence-electron chi connectivity index (χ4n) is 1.95. The van der Waals surface area contributed by atoms with Crippen molar-refractivity contribution in [2.24, 2.45) is 0 Å². The number of para-hydroxylation sites is 1. The normalized spacial score (nSPS) is 10.3. The van der Waals surface area contributed by atoms with Crippen molar-refractivity contribution < 1.29 is 14.3 Å². The molecule has 0 saturated carbocycles. The van der Waals surface area contributed by atoms with Crippen LogP contribution in [0.1, 0.15) is 24.2 Å². The molecule has 2 aromatic rings. The van der Waals surface area contributed by atoms with E-state index in [1.807, 2.05) is 38.1 Å². The second-order valence-corrected chi connectivity index (χ2v) is 4.85. The van der Waals surface area contributed by atoms with Gasteiger partial charge in [0.25, 0.3) is 5.91 Å². The summed E-state index contributed by atoms with van der Waals surface area (Å²) in [6.45, 7) is 3.92. The minimum atomic E-state index is -0.214. The molecule has 0 bridgehead atoms. The van der Waals surface area contributed by atoms with Crippen LogP contribution in [0.25, 0.3) is 0 Å². The highest BCUT2D eigenvalue weighted by Crippen LogP contribution is 2.22. The van der Waals surface area contributed by atoms with Gasteiger partial charge in [-0.25, -0.2) is 0 Å². The molecular formula is C17H19NO3. The Hall–Kier alpha value is -2.49. The first-order valence-electron chi connectivity index (χ1n) is 6.81. The van der Waals surface area contributed by atoms with E-state index in [0.29, 0.717) is 17.0 Å². The van der Waals surface area contributed by atoms with E-state index in [2.05, 4.69) is 5.32 Å². The lowest BCUT2D eigenvalue weighted by Gasteiger charge is -2.12. The van der Waals surface area contributed by atoms with Gasteiger partial charge in [-0.2, -0.15) is 0 Å². The Kier molecular flexibility index (Phi) is 4.82. The number of carbonyl (C=O) groups is 1. The van der Waals surface area contributed by atoms with Crippen LogP contribution >= 0.6 is 0 Å². The Morgan fingerprint density at radius 1 is 1.10 bits per heavy atom. The van der Waals surface area contributed by atoms with Crippen molar-refractivity contribution in [1.82, 2.24) is 0 Å². The highest BCUT2D eigenvalue weighted by molar-refractivity contribution is 6.06. The number of nitrogens with one attached hydrogen (secondary N) is 1. The molecule has 110 valence electrons. The van der Waals surface area contributed by atoms with Gasteiger partial charge in [0.2, 0.25) is 0 Å². The van der Waals surface area contributed by atoms with Crippen LogP contribution in [0.15, 0.2) is 48.5 Å². The van der Waals surface area contributed by atoms with Crippen LogP contribution in [0, 0.1) is 0 Å². The van der Waals surface area contributed by atoms with Gasteiger partial charge in [-0.15, -0.1) is 0 Å². The third kappa shape index (κ3) is 3.99. The van der Waals surface area contributed by atoms with Gasteiger partial charge in [-0.05, 0) is 38.1 Å². The third-order valence-electron chi connectivity index (χ3n) is 2.82. The minimum Gasteiger partial charge on any atom is -0.496 e. The van der Waals surface area contributed by atoms with Crippen LogP contribution in [0.5, 0.6) is 11.5 Å². The zero-order chi connectivity index (χ0) is 15.2. The number of hydrogen-bond donors (Lipinski definition) is 1. The first kappa shape index (κ1) is 14.9. The van der Waals surface area contributed by atoms with E-state index in [1.54, 1.807) is 31.4 Å². The van der Waals surface area contributed by atoms with Gasteiger partial charge in [-0.3, -0.25) is 4.79 Å². The fourth-order valence-corrected chi connectivity index (χ4v) is 1.95. The molecule has 0 fully saturated rings. The van der Waals surface area contributed by atoms with Crippen LogP contribution in [-0.2, 0) is 0 Å². The van der Waals surface area contributed by atoms with Crippen molar-refractivity contribution in [3.63, 3.8) is 0 Å². The summed E-state index contributed by atoms with van der Waals surface area (Å²) in [4.78, 5) is 12.3. The van der Waals surface area contributed by atoms with Crippen LogP contribution in [0.3, 0.4) is 0 Å². The molecule has 0 aliphatic rings. The van der Waals surface area contributed by atoms with Crippen molar-refractivity contribution in [2.45, 2.75) is 20.0 Å². The Bertz CT molecular complexity index is 623. The minimum absolute atomic E-state index is 0.0881. The molecule has 2 rings (SSSR count). The molecule has 0 atom stereocenters. The number of hydrogen-bond acceptors (Lipinski definition) is 3. The lowest BCUT2D eigenvalue weighted by Crippen LogP contribution is -2.13. The van der Waals surface area contributed by atoms with Gasteiger partial charge in [0.15, 0.2) is 0 Å². The maximum Gasteiger partial charge on any atom is 0.259 e. The smallest absolute Gasteiger partial charge is 0.259 e. The van der Waals surface area contributed by atoms with Gasteiger partial charge >= 0.3 is 0 Å². The second kappa shape index (κ2) is 6.79. The molecule has 2 aromatic carbocycles. The topological polar surface area (TPSA) is 47.6 Å². The average Bonchev–Trinajstić information content (AvgIpc) is 2.46. The molecule has 4 heteroatoms. The molecule has 0 aliphatic heterocycles. The monoisotopic (exact) mass is 285 g/mol. The number of ether oxygens (including phenoxy) is 2. The van der Waals surface area contributed by atoms with E-state index in [-0.39, 0.29) is 12.0 Å². The first-order chi connectivity index (χ1) is 10.1. The SMILES string of the molecule is COc1ccccc1C(=O)Nc1cccc(OC(C)C)c1. The molecule has 0 unspecified atom stereocenters. The molecule has 1 N–H and O–H groups in total. The molecule has 0 radical (unpaired) electrons. The predicted octanol–water partition coefficient (Wildman–Crippen LogP) is 3.73. The maximum atomic E-state index is 12.3. The molecule has 0 aromatic heterocycles. The maximum absolute atomic E-state index is 12.3. The summed E-state index contributed by atoms with van der Waals surface area (Å²) < 4.78 is 10.8. The van der Waals surface area contributed by atoms with Gasteiger partial charge in [0, 0.05) is 11.8 Å². The van der Waals surface area contributed by atoms with Crippen LogP contribution in [-0.4, -0.2) is 19.1 Å². The quantitative estimate of drug-likeness (QED) is 0.910. The first-order valence-corrected chi connectivity index (χ1v) is 6.81. The Morgan fingerprint density at radius 3 is 2.57 bits per heavy atom. The fraction of sp³-hybridized carbons (Fsp3) is 0.235. The average molecular weight is 285 g/mol. The lowest BCUT2D eigenvalue weighted by atomic mass is 10.2. The van der Waals surface area contributed by atoms with E-state index in [0.717, 1.165) is 5.75 Å². The highest BCUT2D eigenvalue weighted by Gasteiger charge is 2.11. The van der Waals surface area contributed by atoms with Gasteiger partial charge in [-0.1, -0.05) is 18.2 Å². The van der Waals surface area contributed by atoms with Gasteiger partial charge in [0.1, 0.15) is 11.5 Å². The van der Waals surface area contributed by atoms with Gasteiger partial charge in [0.05, 0.1) is 18.8 Å². The zero-order valence-corrected chi connectivity index (χ0v) is 12.4. The van der Waals surface area contributed by atoms with E-state index in [9.17, 15) is 4.79 Å². The summed E-state index contributed by atoms with van der Waals surface area (Å²) in [6, 6.07) is 14.4. The zero-order valence-electron chi connectivity index (χ0n) is 12.4. The lowest BCUT2D eigenvalue weighted by molar-refractivity contribution is 0.102. The summed E-state index contributed by atoms with van der Waals surface area (Å²) in [5.41, 5.74) is 1.18. The van der Waals surface area contributed by atoms with Crippen LogP contribution in [0.2, 0.25) is 0 Å². The summed E-state index contributed by atoms with van der Waals surface area (Å²) >= 11 is 0. The summed E-state index contributed by atoms with van der Waals surface area (Å²) in [6.07, 6.45) is 0.0881. The molecule has 0 spiro atoms. The van der Waals surface area contributed by atoms with Crippen molar-refractivity contribution in [3.05, 3.63) is 54.1 Å². The molecular weight excluding hydrogens is 266 g/mol. The van der Waals surface area contributed by atoms with Crippen molar-refractivity contribution in [2.75, 3.05) is 12.4 Å². The van der Waals surface area contributed by atoms with Crippen molar-refractivity contribution >= 4 is 11.6 Å². The van der Waals surface area contributed by atoms with Crippen molar-refractivity contribution in [1.29, 1.82) is 0 Å². The van der Waals surface area contributed by atoms with E-state index in [4.69, 9.17) is 9.47 Å². The number of rotatable bonds is 5. The van der Waals surface area contributed by atoms with Crippen LogP contribution < -0.4 is 14.8 Å². The molecule has 0 saturated heterocycles. The molecule has 0 heterocycles. The predicted molar refractivity (Wildman–Crippen MR) is 83.2 cm³/mol. The van der Waals surface area contributed by atoms with Crippen molar-refractivity contribution in [3.8, 4) is 11.5 Å². The summed E-state index contributed by atoms with van der Waals surface area (Å²) in [5.74, 6) is 1.06. The highest BCUT2D eigenvalue weighted by atomic mass is 16.5. The largest absolute Gasteiger partial charge is 0.496 e. The number of amides is 1. The number of carbonyl (C=O) groups excluding carboxylic acids is 1. The summed E-state index contributed by atoms with van der Waals surface area (Å²) in [7, 11) is 1.54. The molecule has 1 amide bonds. The Labute approximate surface area is 124 Å². The van der Waals surface area contributed by atoms with E-state index < -0.39 is 0 Å². The third-order valence-corrected chi connectivity index (χ3v) is 2.82. The van der Waals surface area contributed by atoms with E-state index >= 15 is 0 Å². The second-order valence-electron chi connectivity index (χ2n) is 4.85. The number of methoxy groups -OCH3 is 1. The number of anilines is 1. The van der Waals surface area contributed by atoms with E-state index in [1.165, 1.54) is 0 Å². The van der Waals surface area contributed by atoms with Gasteiger partial charge < -0.3 is 14.8 Å². The molecule has 21 heavy (non-hydrogen) atoms. The molecule has 0 aliphatic carbocycles. The number of benzene rings is 2. The molecule has 4 nitrogen and oxygen atoms in total. The van der Waals surface area contributed by atoms with Crippen LogP contribution in [0.4, 0.5) is 5.69 Å². The standard InChI is InChI=1S/C17H19NO3/c1-12(2)21-14-8-6-7-13(11-14)18-17(19)15-9-4-5-10-16(15)20-3/h4-12H,1-3H3,(H,18,19). The summed E-state index contributed by atoms with van der Waals surface area (Å²) in [5, 5.41) is 2.85.